The van der Waals surface area contributed by atoms with Gasteiger partial charge >= 0.3 is 12.1 Å². The molecule has 2 aliphatic carbocycles. The largest absolute Gasteiger partial charge is 0.479 e. The van der Waals surface area contributed by atoms with E-state index >= 15 is 0 Å². The van der Waals surface area contributed by atoms with Crippen molar-refractivity contribution in [1.82, 2.24) is 10.6 Å². The minimum absolute atomic E-state index is 0.0398. The molecule has 4 rings (SSSR count). The van der Waals surface area contributed by atoms with Gasteiger partial charge in [0, 0.05) is 24.9 Å². The van der Waals surface area contributed by atoms with Crippen molar-refractivity contribution in [3.63, 3.8) is 0 Å². The van der Waals surface area contributed by atoms with Crippen molar-refractivity contribution in [1.29, 1.82) is 0 Å². The molecule has 1 saturated carbocycles. The van der Waals surface area contributed by atoms with Crippen LogP contribution in [-0.2, 0) is 14.3 Å². The molecule has 0 heterocycles. The Kier molecular flexibility index (Phi) is 8.02. The van der Waals surface area contributed by atoms with Crippen LogP contribution in [0.25, 0.3) is 11.1 Å². The van der Waals surface area contributed by atoms with Crippen molar-refractivity contribution in [2.45, 2.75) is 56.6 Å². The molecular formula is C27H32N2O6. The number of carboxylic acid groups (broad SMARTS) is 1. The van der Waals surface area contributed by atoms with E-state index in [-0.39, 0.29) is 37.4 Å². The fourth-order valence-electron chi connectivity index (χ4n) is 5.17. The van der Waals surface area contributed by atoms with Gasteiger partial charge in [0.1, 0.15) is 6.61 Å². The molecule has 0 spiro atoms. The molecule has 0 bridgehead atoms. The lowest BCUT2D eigenvalue weighted by Crippen LogP contribution is -2.47. The van der Waals surface area contributed by atoms with Crippen molar-refractivity contribution in [3.05, 3.63) is 59.7 Å². The second-order valence-corrected chi connectivity index (χ2v) is 9.25. The van der Waals surface area contributed by atoms with Crippen LogP contribution in [-0.4, -0.2) is 53.5 Å². The third kappa shape index (κ3) is 5.82. The lowest BCUT2D eigenvalue weighted by atomic mass is 9.93. The van der Waals surface area contributed by atoms with E-state index in [0.29, 0.717) is 12.8 Å². The van der Waals surface area contributed by atoms with Gasteiger partial charge in [-0.25, -0.2) is 9.59 Å². The van der Waals surface area contributed by atoms with Gasteiger partial charge in [0.25, 0.3) is 0 Å². The summed E-state index contributed by atoms with van der Waals surface area (Å²) in [5.41, 5.74) is 4.59. The summed E-state index contributed by atoms with van der Waals surface area (Å²) in [6.45, 7) is 0.261. The fourth-order valence-corrected chi connectivity index (χ4v) is 5.17. The zero-order valence-electron chi connectivity index (χ0n) is 19.6. The zero-order chi connectivity index (χ0) is 24.8. The maximum Gasteiger partial charge on any atom is 0.407 e. The number of carbonyl (C=O) groups excluding carboxylic acids is 2. The number of ether oxygens (including phenoxy) is 1. The van der Waals surface area contributed by atoms with Crippen LogP contribution < -0.4 is 10.6 Å². The van der Waals surface area contributed by atoms with E-state index in [1.54, 1.807) is 0 Å². The number of alkyl carbamates (subject to hydrolysis) is 1. The smallest absolute Gasteiger partial charge is 0.407 e. The van der Waals surface area contributed by atoms with Gasteiger partial charge < -0.3 is 25.6 Å². The second-order valence-electron chi connectivity index (χ2n) is 9.25. The van der Waals surface area contributed by atoms with Crippen LogP contribution >= 0.6 is 0 Å². The summed E-state index contributed by atoms with van der Waals surface area (Å²) in [4.78, 5) is 36.4. The minimum atomic E-state index is -1.51. The highest BCUT2D eigenvalue weighted by molar-refractivity contribution is 5.81. The van der Waals surface area contributed by atoms with Crippen molar-refractivity contribution in [2.24, 2.45) is 5.92 Å². The lowest BCUT2D eigenvalue weighted by molar-refractivity contribution is -0.147. The van der Waals surface area contributed by atoms with Gasteiger partial charge in [0.05, 0.1) is 5.92 Å². The number of aliphatic hydroxyl groups is 1. The van der Waals surface area contributed by atoms with E-state index in [0.717, 1.165) is 41.5 Å². The molecular weight excluding hydrogens is 448 g/mol. The Morgan fingerprint density at radius 3 is 2.23 bits per heavy atom. The molecule has 3 atom stereocenters. The number of benzene rings is 2. The van der Waals surface area contributed by atoms with E-state index in [4.69, 9.17) is 9.84 Å². The molecule has 35 heavy (non-hydrogen) atoms. The van der Waals surface area contributed by atoms with Crippen molar-refractivity contribution in [3.8, 4) is 11.1 Å². The Morgan fingerprint density at radius 1 is 0.943 bits per heavy atom. The molecule has 1 fully saturated rings. The fraction of sp³-hybridized carbons (Fsp3) is 0.444. The summed E-state index contributed by atoms with van der Waals surface area (Å²) < 4.78 is 5.67. The summed E-state index contributed by atoms with van der Waals surface area (Å²) in [5, 5.41) is 23.8. The molecule has 2 aliphatic rings. The highest BCUT2D eigenvalue weighted by Crippen LogP contribution is 2.44. The topological polar surface area (TPSA) is 125 Å². The van der Waals surface area contributed by atoms with Gasteiger partial charge in [-0.05, 0) is 35.1 Å². The summed E-state index contributed by atoms with van der Waals surface area (Å²) >= 11 is 0. The monoisotopic (exact) mass is 480 g/mol. The number of nitrogens with one attached hydrogen (secondary N) is 2. The molecule has 0 aliphatic heterocycles. The van der Waals surface area contributed by atoms with E-state index in [2.05, 4.69) is 34.9 Å². The summed E-state index contributed by atoms with van der Waals surface area (Å²) in [6.07, 6.45) is 1.91. The SMILES string of the molecule is O=C(N[C@@H]1CCCCC[C@@H]1C(=O)NCCC(O)C(=O)O)OCC1c2ccccc2-c2ccccc21. The first-order valence-corrected chi connectivity index (χ1v) is 12.3. The van der Waals surface area contributed by atoms with Gasteiger partial charge in [-0.3, -0.25) is 4.79 Å². The van der Waals surface area contributed by atoms with Crippen LogP contribution in [0.4, 0.5) is 4.79 Å². The summed E-state index contributed by atoms with van der Waals surface area (Å²) in [5.74, 6) is -2.03. The minimum Gasteiger partial charge on any atom is -0.479 e. The standard InChI is InChI=1S/C27H32N2O6/c30-24(26(32)33)14-15-28-25(31)21-12-2-1-3-13-23(21)29-27(34)35-16-22-19-10-6-4-8-17(19)18-9-5-7-11-20(18)22/h4-11,21-24,30H,1-3,12-16H2,(H,28,31)(H,29,34)(H,32,33)/t21-,23+,24?/m0/s1. The molecule has 2 aromatic rings. The van der Waals surface area contributed by atoms with E-state index in [1.165, 1.54) is 0 Å². The molecule has 2 amide bonds. The van der Waals surface area contributed by atoms with Gasteiger partial charge in [0.2, 0.25) is 5.91 Å². The third-order valence-corrected chi connectivity index (χ3v) is 7.00. The Bertz CT molecular complexity index is 1030. The Hall–Kier alpha value is -3.39. The van der Waals surface area contributed by atoms with E-state index in [1.807, 2.05) is 24.3 Å². The normalized spacial score (nSPS) is 20.1. The van der Waals surface area contributed by atoms with Crippen LogP contribution in [0.15, 0.2) is 48.5 Å². The van der Waals surface area contributed by atoms with Crippen molar-refractivity contribution >= 4 is 18.0 Å². The number of aliphatic carboxylic acids is 1. The first kappa shape index (κ1) is 24.7. The highest BCUT2D eigenvalue weighted by atomic mass is 16.5. The van der Waals surface area contributed by atoms with E-state index in [9.17, 15) is 19.5 Å². The maximum absolute atomic E-state index is 12.8. The van der Waals surface area contributed by atoms with Crippen LogP contribution in [0.5, 0.6) is 0 Å². The Balaban J connectivity index is 1.35. The number of amides is 2. The highest BCUT2D eigenvalue weighted by Gasteiger charge is 2.33. The number of carboxylic acids is 1. The number of hydrogen-bond acceptors (Lipinski definition) is 5. The summed E-state index contributed by atoms with van der Waals surface area (Å²) in [7, 11) is 0. The molecule has 0 aromatic heterocycles. The average Bonchev–Trinajstić information content (AvgIpc) is 2.99. The molecule has 4 N–H and O–H groups in total. The lowest BCUT2D eigenvalue weighted by Gasteiger charge is -2.25. The first-order valence-electron chi connectivity index (χ1n) is 12.3. The van der Waals surface area contributed by atoms with Crippen LogP contribution in [0, 0.1) is 5.92 Å². The van der Waals surface area contributed by atoms with Gasteiger partial charge in [-0.2, -0.15) is 0 Å². The number of rotatable bonds is 8. The molecule has 8 heteroatoms. The quantitative estimate of drug-likeness (QED) is 0.429. The van der Waals surface area contributed by atoms with Gasteiger partial charge in [-0.15, -0.1) is 0 Å². The van der Waals surface area contributed by atoms with Crippen LogP contribution in [0.2, 0.25) is 0 Å². The number of hydrogen-bond donors (Lipinski definition) is 4. The Labute approximate surface area is 204 Å². The molecule has 0 saturated heterocycles. The predicted molar refractivity (Wildman–Crippen MR) is 130 cm³/mol. The van der Waals surface area contributed by atoms with E-state index < -0.39 is 24.1 Å². The van der Waals surface area contributed by atoms with Crippen molar-refractivity contribution < 1.29 is 29.3 Å². The van der Waals surface area contributed by atoms with Gasteiger partial charge in [0.15, 0.2) is 6.10 Å². The Morgan fingerprint density at radius 2 is 1.57 bits per heavy atom. The van der Waals surface area contributed by atoms with Crippen LogP contribution in [0.3, 0.4) is 0 Å². The van der Waals surface area contributed by atoms with Crippen LogP contribution in [0.1, 0.15) is 55.6 Å². The zero-order valence-corrected chi connectivity index (χ0v) is 19.6. The molecule has 186 valence electrons. The number of aliphatic hydroxyl groups excluding tert-OH is 1. The third-order valence-electron chi connectivity index (χ3n) is 7.00. The second kappa shape index (κ2) is 11.4. The van der Waals surface area contributed by atoms with Crippen molar-refractivity contribution in [2.75, 3.05) is 13.2 Å². The molecule has 0 radical (unpaired) electrons. The number of fused-ring (bicyclic) bond motifs is 3. The number of carbonyl (C=O) groups is 3. The predicted octanol–water partition coefficient (Wildman–Crippen LogP) is 3.43. The first-order chi connectivity index (χ1) is 17.0. The maximum atomic E-state index is 12.8. The van der Waals surface area contributed by atoms with Gasteiger partial charge in [-0.1, -0.05) is 67.8 Å². The average molecular weight is 481 g/mol. The molecule has 8 nitrogen and oxygen atoms in total. The molecule has 1 unspecified atom stereocenters. The molecule has 2 aromatic carbocycles. The summed E-state index contributed by atoms with van der Waals surface area (Å²) in [6, 6.07) is 15.9.